The Morgan fingerprint density at radius 1 is 0.844 bits per heavy atom. The maximum absolute atomic E-state index is 14.0. The zero-order valence-electron chi connectivity index (χ0n) is 16.5. The molecule has 0 aliphatic carbocycles. The number of nitrogens with zero attached hydrogens (tertiary/aromatic N) is 1. The standard InChI is InChI=1S/C24H17F6NO/c25-18-2-1-3-19(26)22(18)21-13-12-20(31-21)16-6-4-14(5-7-16)15-8-10-17(11-9-15)32-24(29,30)23(27)28/h1-11,20,23H,12-13H2/t20-/m0/s1. The van der Waals surface area contributed by atoms with Crippen molar-refractivity contribution in [2.24, 2.45) is 4.99 Å². The molecule has 0 radical (unpaired) electrons. The lowest BCUT2D eigenvalue weighted by molar-refractivity contribution is -0.253. The van der Waals surface area contributed by atoms with Crippen LogP contribution in [-0.2, 0) is 0 Å². The first-order valence-corrected chi connectivity index (χ1v) is 9.81. The Morgan fingerprint density at radius 2 is 1.41 bits per heavy atom. The topological polar surface area (TPSA) is 21.6 Å². The van der Waals surface area contributed by atoms with Crippen LogP contribution in [0.4, 0.5) is 26.3 Å². The second kappa shape index (κ2) is 8.68. The second-order valence-electron chi connectivity index (χ2n) is 7.34. The molecule has 0 aromatic heterocycles. The van der Waals surface area contributed by atoms with Crippen LogP contribution in [0.25, 0.3) is 11.1 Å². The predicted octanol–water partition coefficient (Wildman–Crippen LogP) is 7.19. The number of benzene rings is 3. The molecule has 0 amide bonds. The fourth-order valence-electron chi connectivity index (χ4n) is 3.61. The molecule has 1 aliphatic heterocycles. The van der Waals surface area contributed by atoms with E-state index in [4.69, 9.17) is 0 Å². The van der Waals surface area contributed by atoms with Gasteiger partial charge in [0, 0.05) is 5.71 Å². The minimum absolute atomic E-state index is 0.0913. The molecule has 3 aromatic carbocycles. The molecule has 8 heteroatoms. The van der Waals surface area contributed by atoms with Crippen LogP contribution in [0, 0.1) is 11.6 Å². The molecule has 3 aromatic rings. The van der Waals surface area contributed by atoms with E-state index in [1.165, 1.54) is 42.5 Å². The molecule has 0 unspecified atom stereocenters. The Bertz CT molecular complexity index is 1110. The first kappa shape index (κ1) is 21.9. The van der Waals surface area contributed by atoms with Gasteiger partial charge >= 0.3 is 12.5 Å². The van der Waals surface area contributed by atoms with Gasteiger partial charge in [-0.3, -0.25) is 4.99 Å². The predicted molar refractivity (Wildman–Crippen MR) is 108 cm³/mol. The van der Waals surface area contributed by atoms with E-state index in [-0.39, 0.29) is 17.4 Å². The molecule has 1 atom stereocenters. The summed E-state index contributed by atoms with van der Waals surface area (Å²) in [6.45, 7) is 0. The molecule has 1 heterocycles. The largest absolute Gasteiger partial charge is 0.461 e. The molecule has 2 nitrogen and oxygen atoms in total. The lowest BCUT2D eigenvalue weighted by atomic mass is 9.99. The highest BCUT2D eigenvalue weighted by atomic mass is 19.3. The van der Waals surface area contributed by atoms with Gasteiger partial charge in [0.25, 0.3) is 0 Å². The van der Waals surface area contributed by atoms with E-state index in [1.54, 1.807) is 12.1 Å². The van der Waals surface area contributed by atoms with Crippen LogP contribution in [-0.4, -0.2) is 18.2 Å². The molecule has 0 bridgehead atoms. The van der Waals surface area contributed by atoms with Gasteiger partial charge in [-0.1, -0.05) is 42.5 Å². The van der Waals surface area contributed by atoms with Crippen LogP contribution in [0.1, 0.15) is 30.0 Å². The summed E-state index contributed by atoms with van der Waals surface area (Å²) in [4.78, 5) is 4.50. The Hall–Kier alpha value is -3.29. The van der Waals surface area contributed by atoms with Gasteiger partial charge in [0.15, 0.2) is 0 Å². The van der Waals surface area contributed by atoms with Crippen molar-refractivity contribution in [2.75, 3.05) is 0 Å². The SMILES string of the molecule is Fc1cccc(F)c1C1=N[C@H](c2ccc(-c3ccc(OC(F)(F)C(F)F)cc3)cc2)CC1. The monoisotopic (exact) mass is 449 g/mol. The van der Waals surface area contributed by atoms with Gasteiger partial charge in [0.05, 0.1) is 11.6 Å². The smallest absolute Gasteiger partial charge is 0.428 e. The molecule has 4 rings (SSSR count). The summed E-state index contributed by atoms with van der Waals surface area (Å²) in [6, 6.07) is 16.1. The highest BCUT2D eigenvalue weighted by Crippen LogP contribution is 2.34. The van der Waals surface area contributed by atoms with Gasteiger partial charge in [-0.2, -0.15) is 17.6 Å². The number of alkyl halides is 4. The Morgan fingerprint density at radius 3 is 1.97 bits per heavy atom. The minimum Gasteiger partial charge on any atom is -0.428 e. The van der Waals surface area contributed by atoms with E-state index in [2.05, 4.69) is 9.73 Å². The summed E-state index contributed by atoms with van der Waals surface area (Å²) >= 11 is 0. The van der Waals surface area contributed by atoms with Crippen molar-refractivity contribution in [3.8, 4) is 16.9 Å². The van der Waals surface area contributed by atoms with E-state index in [0.717, 1.165) is 11.1 Å². The molecule has 0 spiro atoms. The quantitative estimate of drug-likeness (QED) is 0.365. The lowest BCUT2D eigenvalue weighted by Crippen LogP contribution is -2.33. The van der Waals surface area contributed by atoms with Crippen molar-refractivity contribution in [3.05, 3.63) is 89.5 Å². The molecule has 0 fully saturated rings. The summed E-state index contributed by atoms with van der Waals surface area (Å²) in [5.74, 6) is -1.65. The molecule has 166 valence electrons. The lowest BCUT2D eigenvalue weighted by Gasteiger charge is -2.17. The van der Waals surface area contributed by atoms with Gasteiger partial charge in [-0.15, -0.1) is 0 Å². The van der Waals surface area contributed by atoms with Crippen molar-refractivity contribution in [3.63, 3.8) is 0 Å². The number of aliphatic imine (C=N–C) groups is 1. The van der Waals surface area contributed by atoms with Gasteiger partial charge in [0.2, 0.25) is 0 Å². The molecular weight excluding hydrogens is 432 g/mol. The Balaban J connectivity index is 1.49. The minimum atomic E-state index is -4.56. The Kier molecular flexibility index (Phi) is 5.95. The fourth-order valence-corrected chi connectivity index (χ4v) is 3.61. The average molecular weight is 449 g/mol. The van der Waals surface area contributed by atoms with Crippen LogP contribution in [0.2, 0.25) is 0 Å². The highest BCUT2D eigenvalue weighted by Gasteiger charge is 2.43. The third-order valence-electron chi connectivity index (χ3n) is 5.21. The highest BCUT2D eigenvalue weighted by molar-refractivity contribution is 6.02. The van der Waals surface area contributed by atoms with Crippen LogP contribution >= 0.6 is 0 Å². The summed E-state index contributed by atoms with van der Waals surface area (Å²) < 4.78 is 82.6. The molecular formula is C24H17F6NO. The first-order chi connectivity index (χ1) is 15.2. The number of ether oxygens (including phenoxy) is 1. The number of halogens is 6. The fraction of sp³-hybridized carbons (Fsp3) is 0.208. The normalized spacial score (nSPS) is 16.3. The number of hydrogen-bond donors (Lipinski definition) is 0. The zero-order valence-corrected chi connectivity index (χ0v) is 16.5. The Labute approximate surface area is 180 Å². The maximum atomic E-state index is 14.0. The van der Waals surface area contributed by atoms with Crippen LogP contribution in [0.3, 0.4) is 0 Å². The zero-order chi connectivity index (χ0) is 22.9. The number of rotatable bonds is 6. The average Bonchev–Trinajstić information content (AvgIpc) is 3.24. The van der Waals surface area contributed by atoms with Crippen molar-refractivity contribution < 1.29 is 31.1 Å². The van der Waals surface area contributed by atoms with E-state index >= 15 is 0 Å². The third-order valence-corrected chi connectivity index (χ3v) is 5.21. The second-order valence-corrected chi connectivity index (χ2v) is 7.34. The molecule has 0 saturated carbocycles. The van der Waals surface area contributed by atoms with Gasteiger partial charge in [-0.05, 0) is 53.8 Å². The van der Waals surface area contributed by atoms with Crippen LogP contribution < -0.4 is 4.74 Å². The summed E-state index contributed by atoms with van der Waals surface area (Å²) in [6.07, 6.45) is -7.42. The molecule has 0 N–H and O–H groups in total. The van der Waals surface area contributed by atoms with Crippen LogP contribution in [0.5, 0.6) is 5.75 Å². The number of hydrogen-bond acceptors (Lipinski definition) is 2. The summed E-state index contributed by atoms with van der Waals surface area (Å²) in [5, 5.41) is 0. The van der Waals surface area contributed by atoms with Gasteiger partial charge in [-0.25, -0.2) is 8.78 Å². The van der Waals surface area contributed by atoms with E-state index in [9.17, 15) is 26.3 Å². The first-order valence-electron chi connectivity index (χ1n) is 9.81. The van der Waals surface area contributed by atoms with Gasteiger partial charge < -0.3 is 4.74 Å². The van der Waals surface area contributed by atoms with E-state index in [1.807, 2.05) is 12.1 Å². The van der Waals surface area contributed by atoms with Crippen molar-refractivity contribution in [2.45, 2.75) is 31.4 Å². The molecule has 1 aliphatic rings. The van der Waals surface area contributed by atoms with Crippen molar-refractivity contribution in [1.82, 2.24) is 0 Å². The van der Waals surface area contributed by atoms with E-state index < -0.39 is 24.2 Å². The summed E-state index contributed by atoms with van der Waals surface area (Å²) in [5.41, 5.74) is 2.62. The summed E-state index contributed by atoms with van der Waals surface area (Å²) in [7, 11) is 0. The molecule has 32 heavy (non-hydrogen) atoms. The van der Waals surface area contributed by atoms with E-state index in [0.29, 0.717) is 24.1 Å². The molecule has 0 saturated heterocycles. The van der Waals surface area contributed by atoms with Crippen molar-refractivity contribution in [1.29, 1.82) is 0 Å². The van der Waals surface area contributed by atoms with Gasteiger partial charge in [0.1, 0.15) is 17.4 Å². The third kappa shape index (κ3) is 4.49. The van der Waals surface area contributed by atoms with Crippen molar-refractivity contribution >= 4 is 5.71 Å². The van der Waals surface area contributed by atoms with Crippen LogP contribution in [0.15, 0.2) is 71.7 Å². The maximum Gasteiger partial charge on any atom is 0.461 e.